The number of primary amides is 1. The molecular weight excluding hydrogens is 324 g/mol. The summed E-state index contributed by atoms with van der Waals surface area (Å²) >= 11 is 0. The van der Waals surface area contributed by atoms with E-state index in [1.807, 2.05) is 65.3 Å². The van der Waals surface area contributed by atoms with E-state index in [4.69, 9.17) is 10.8 Å². The van der Waals surface area contributed by atoms with Gasteiger partial charge in [0.25, 0.3) is 0 Å². The quantitative estimate of drug-likeness (QED) is 0.615. The molecule has 26 heavy (non-hydrogen) atoms. The van der Waals surface area contributed by atoms with Gasteiger partial charge in [0.05, 0.1) is 17.1 Å². The lowest BCUT2D eigenvalue weighted by molar-refractivity contribution is 0.100. The van der Waals surface area contributed by atoms with Crippen molar-refractivity contribution >= 4 is 5.91 Å². The molecule has 0 unspecified atom stereocenters. The molecule has 2 aromatic heterocycles. The second kappa shape index (κ2) is 6.64. The number of pyridine rings is 1. The van der Waals surface area contributed by atoms with Gasteiger partial charge in [-0.2, -0.15) is 5.10 Å². The number of para-hydroxylation sites is 1. The maximum Gasteiger partial charge on any atom is 0.248 e. The highest BCUT2D eigenvalue weighted by Gasteiger charge is 2.13. The van der Waals surface area contributed by atoms with Crippen LogP contribution in [0.5, 0.6) is 0 Å². The van der Waals surface area contributed by atoms with Crippen molar-refractivity contribution < 1.29 is 4.79 Å². The average molecular weight is 340 g/mol. The first-order chi connectivity index (χ1) is 12.7. The summed E-state index contributed by atoms with van der Waals surface area (Å²) in [5.41, 5.74) is 10.4. The minimum atomic E-state index is -0.441. The van der Waals surface area contributed by atoms with Crippen LogP contribution in [0, 0.1) is 0 Å². The van der Waals surface area contributed by atoms with E-state index < -0.39 is 5.91 Å². The van der Waals surface area contributed by atoms with Gasteiger partial charge in [-0.3, -0.25) is 9.78 Å². The summed E-state index contributed by atoms with van der Waals surface area (Å²) in [6.07, 6.45) is 3.53. The van der Waals surface area contributed by atoms with Crippen molar-refractivity contribution in [1.82, 2.24) is 14.8 Å². The van der Waals surface area contributed by atoms with Crippen LogP contribution in [0.1, 0.15) is 10.4 Å². The fraction of sp³-hybridized carbons (Fsp3) is 0. The number of hydrogen-bond acceptors (Lipinski definition) is 3. The van der Waals surface area contributed by atoms with Gasteiger partial charge in [-0.15, -0.1) is 0 Å². The van der Waals surface area contributed by atoms with Crippen molar-refractivity contribution in [2.45, 2.75) is 0 Å². The zero-order valence-corrected chi connectivity index (χ0v) is 13.9. The minimum Gasteiger partial charge on any atom is -0.366 e. The second-order valence-electron chi connectivity index (χ2n) is 5.85. The molecule has 0 spiro atoms. The van der Waals surface area contributed by atoms with Crippen molar-refractivity contribution in [2.75, 3.05) is 0 Å². The van der Waals surface area contributed by atoms with Crippen molar-refractivity contribution in [1.29, 1.82) is 0 Å². The van der Waals surface area contributed by atoms with Crippen LogP contribution in [0.2, 0.25) is 0 Å². The third-order valence-corrected chi connectivity index (χ3v) is 4.13. The summed E-state index contributed by atoms with van der Waals surface area (Å²) < 4.78 is 1.89. The van der Waals surface area contributed by atoms with Gasteiger partial charge in [-0.25, -0.2) is 4.68 Å². The molecule has 0 bridgehead atoms. The third-order valence-electron chi connectivity index (χ3n) is 4.13. The van der Waals surface area contributed by atoms with Crippen molar-refractivity contribution in [3.05, 3.63) is 90.8 Å². The number of aromatic nitrogens is 3. The van der Waals surface area contributed by atoms with E-state index in [0.717, 1.165) is 28.2 Å². The molecule has 2 aromatic carbocycles. The van der Waals surface area contributed by atoms with E-state index >= 15 is 0 Å². The normalized spacial score (nSPS) is 10.6. The van der Waals surface area contributed by atoms with Crippen LogP contribution in [0.4, 0.5) is 0 Å². The van der Waals surface area contributed by atoms with Gasteiger partial charge >= 0.3 is 0 Å². The summed E-state index contributed by atoms with van der Waals surface area (Å²) in [5.74, 6) is -0.441. The number of nitrogens with zero attached hydrogens (tertiary/aromatic N) is 3. The molecular formula is C21H16N4O. The van der Waals surface area contributed by atoms with Gasteiger partial charge in [-0.05, 0) is 42.5 Å². The summed E-state index contributed by atoms with van der Waals surface area (Å²) in [7, 11) is 0. The van der Waals surface area contributed by atoms with E-state index in [1.165, 1.54) is 0 Å². The zero-order chi connectivity index (χ0) is 17.9. The van der Waals surface area contributed by atoms with Crippen LogP contribution in [-0.2, 0) is 0 Å². The molecule has 5 heteroatoms. The number of hydrogen-bond donors (Lipinski definition) is 1. The van der Waals surface area contributed by atoms with Crippen LogP contribution in [0.25, 0.3) is 28.2 Å². The van der Waals surface area contributed by atoms with Crippen molar-refractivity contribution in [3.63, 3.8) is 0 Å². The summed E-state index contributed by atoms with van der Waals surface area (Å²) in [5, 5.41) is 4.77. The van der Waals surface area contributed by atoms with Crippen LogP contribution >= 0.6 is 0 Å². The molecule has 2 N–H and O–H groups in total. The van der Waals surface area contributed by atoms with E-state index in [1.54, 1.807) is 24.5 Å². The Morgan fingerprint density at radius 3 is 2.31 bits per heavy atom. The SMILES string of the molecule is NC(=O)c1ccc(-c2cc(-c3cccnc3)nn2-c2ccccc2)cc1. The first kappa shape index (κ1) is 15.8. The molecule has 0 aliphatic heterocycles. The number of carbonyl (C=O) groups is 1. The van der Waals surface area contributed by atoms with Gasteiger partial charge in [0.15, 0.2) is 0 Å². The lowest BCUT2D eigenvalue weighted by atomic mass is 10.1. The smallest absolute Gasteiger partial charge is 0.248 e. The highest BCUT2D eigenvalue weighted by molar-refractivity contribution is 5.93. The molecule has 5 nitrogen and oxygen atoms in total. The Morgan fingerprint density at radius 2 is 1.65 bits per heavy atom. The zero-order valence-electron chi connectivity index (χ0n) is 13.9. The van der Waals surface area contributed by atoms with Crippen molar-refractivity contribution in [2.24, 2.45) is 5.73 Å². The average Bonchev–Trinajstić information content (AvgIpc) is 3.15. The van der Waals surface area contributed by atoms with Gasteiger partial charge in [0.2, 0.25) is 5.91 Å². The van der Waals surface area contributed by atoms with E-state index in [0.29, 0.717) is 5.56 Å². The molecule has 4 rings (SSSR count). The Morgan fingerprint density at radius 1 is 0.885 bits per heavy atom. The summed E-state index contributed by atoms with van der Waals surface area (Å²) in [6, 6.07) is 23.0. The third kappa shape index (κ3) is 2.98. The highest BCUT2D eigenvalue weighted by Crippen LogP contribution is 2.28. The van der Waals surface area contributed by atoms with Gasteiger partial charge < -0.3 is 5.73 Å². The Bertz CT molecular complexity index is 1040. The largest absolute Gasteiger partial charge is 0.366 e. The van der Waals surface area contributed by atoms with Crippen LogP contribution < -0.4 is 5.73 Å². The van der Waals surface area contributed by atoms with Gasteiger partial charge in [0.1, 0.15) is 0 Å². The minimum absolute atomic E-state index is 0.441. The predicted octanol–water partition coefficient (Wildman–Crippen LogP) is 3.70. The second-order valence-corrected chi connectivity index (χ2v) is 5.85. The van der Waals surface area contributed by atoms with E-state index in [2.05, 4.69) is 4.98 Å². The summed E-state index contributed by atoms with van der Waals surface area (Å²) in [4.78, 5) is 15.5. The fourth-order valence-corrected chi connectivity index (χ4v) is 2.81. The van der Waals surface area contributed by atoms with E-state index in [-0.39, 0.29) is 0 Å². The molecule has 1 amide bonds. The molecule has 0 aliphatic carbocycles. The Hall–Kier alpha value is -3.73. The molecule has 0 fully saturated rings. The maximum atomic E-state index is 11.3. The first-order valence-corrected chi connectivity index (χ1v) is 8.18. The number of rotatable bonds is 4. The maximum absolute atomic E-state index is 11.3. The lowest BCUT2D eigenvalue weighted by Crippen LogP contribution is -2.10. The number of carbonyl (C=O) groups excluding carboxylic acids is 1. The molecule has 0 atom stereocenters. The molecule has 0 saturated carbocycles. The number of amides is 1. The topological polar surface area (TPSA) is 73.8 Å². The monoisotopic (exact) mass is 340 g/mol. The number of benzene rings is 2. The molecule has 126 valence electrons. The van der Waals surface area contributed by atoms with Crippen molar-refractivity contribution in [3.8, 4) is 28.2 Å². The highest BCUT2D eigenvalue weighted by atomic mass is 16.1. The van der Waals surface area contributed by atoms with Crippen LogP contribution in [0.15, 0.2) is 85.2 Å². The number of nitrogens with two attached hydrogens (primary N) is 1. The Balaban J connectivity index is 1.87. The standard InChI is InChI=1S/C21H16N4O/c22-21(26)16-10-8-15(9-11-16)20-13-19(17-5-4-12-23-14-17)24-25(20)18-6-2-1-3-7-18/h1-14H,(H2,22,26). The van der Waals surface area contributed by atoms with Crippen LogP contribution in [-0.4, -0.2) is 20.7 Å². The van der Waals surface area contributed by atoms with Crippen LogP contribution in [0.3, 0.4) is 0 Å². The predicted molar refractivity (Wildman–Crippen MR) is 101 cm³/mol. The molecule has 4 aromatic rings. The van der Waals surface area contributed by atoms with E-state index in [9.17, 15) is 4.79 Å². The van der Waals surface area contributed by atoms with Gasteiger partial charge in [-0.1, -0.05) is 30.3 Å². The molecule has 2 heterocycles. The Labute approximate surface area is 150 Å². The fourth-order valence-electron chi connectivity index (χ4n) is 2.81. The molecule has 0 saturated heterocycles. The summed E-state index contributed by atoms with van der Waals surface area (Å²) in [6.45, 7) is 0. The Kier molecular flexibility index (Phi) is 4.03. The molecule has 0 aliphatic rings. The lowest BCUT2D eigenvalue weighted by Gasteiger charge is -2.07. The first-order valence-electron chi connectivity index (χ1n) is 8.18. The molecule has 0 radical (unpaired) electrons. The van der Waals surface area contributed by atoms with Gasteiger partial charge in [0, 0.05) is 29.1 Å².